The van der Waals surface area contributed by atoms with Crippen LogP contribution in [0.5, 0.6) is 0 Å². The second-order valence-electron chi connectivity index (χ2n) is 4.69. The van der Waals surface area contributed by atoms with Crippen LogP contribution in [-0.4, -0.2) is 44.5 Å². The van der Waals surface area contributed by atoms with Crippen molar-refractivity contribution >= 4 is 11.4 Å². The third kappa shape index (κ3) is 1.97. The molecule has 5 heteroatoms. The molecule has 0 saturated carbocycles. The third-order valence-corrected chi connectivity index (χ3v) is 3.34. The quantitative estimate of drug-likeness (QED) is 0.813. The van der Waals surface area contributed by atoms with Gasteiger partial charge in [0.15, 0.2) is 0 Å². The lowest BCUT2D eigenvalue weighted by atomic mass is 10.1. The molecule has 5 nitrogen and oxygen atoms in total. The lowest BCUT2D eigenvalue weighted by molar-refractivity contribution is 0.0474. The molecule has 0 spiro atoms. The number of amides is 1. The van der Waals surface area contributed by atoms with E-state index in [1.807, 2.05) is 16.7 Å². The average molecular weight is 245 g/mol. The summed E-state index contributed by atoms with van der Waals surface area (Å²) in [6, 6.07) is 3.62. The molecule has 2 aromatic heterocycles. The van der Waals surface area contributed by atoms with Gasteiger partial charge in [0.25, 0.3) is 5.91 Å². The second kappa shape index (κ2) is 4.42. The summed E-state index contributed by atoms with van der Waals surface area (Å²) in [7, 11) is 0. The predicted octanol–water partition coefficient (Wildman–Crippen LogP) is 0.931. The number of likely N-dealkylation sites (tertiary alicyclic amines) is 1. The molecule has 1 amide bonds. The minimum Gasteiger partial charge on any atom is -0.391 e. The number of imidazole rings is 1. The number of fused-ring (bicyclic) bond motifs is 1. The molecule has 1 fully saturated rings. The number of hydrogen-bond acceptors (Lipinski definition) is 3. The van der Waals surface area contributed by atoms with E-state index in [4.69, 9.17) is 0 Å². The fraction of sp³-hybridized carbons (Fsp3) is 0.385. The van der Waals surface area contributed by atoms with Crippen molar-refractivity contribution in [3.63, 3.8) is 0 Å². The zero-order chi connectivity index (χ0) is 12.5. The third-order valence-electron chi connectivity index (χ3n) is 3.34. The largest absolute Gasteiger partial charge is 0.391 e. The van der Waals surface area contributed by atoms with E-state index in [1.54, 1.807) is 23.5 Å². The maximum atomic E-state index is 12.3. The van der Waals surface area contributed by atoms with Crippen molar-refractivity contribution < 1.29 is 9.90 Å². The van der Waals surface area contributed by atoms with Gasteiger partial charge in [-0.05, 0) is 25.0 Å². The molecule has 94 valence electrons. The van der Waals surface area contributed by atoms with E-state index < -0.39 is 0 Å². The molecule has 1 N–H and O–H groups in total. The first kappa shape index (κ1) is 11.2. The number of carbonyl (C=O) groups excluding carboxylic acids is 1. The maximum absolute atomic E-state index is 12.3. The Balaban J connectivity index is 1.86. The van der Waals surface area contributed by atoms with E-state index >= 15 is 0 Å². The topological polar surface area (TPSA) is 57.8 Å². The van der Waals surface area contributed by atoms with Gasteiger partial charge in [-0.15, -0.1) is 0 Å². The van der Waals surface area contributed by atoms with Crippen LogP contribution < -0.4 is 0 Å². The summed E-state index contributed by atoms with van der Waals surface area (Å²) in [4.78, 5) is 18.0. The molecule has 0 radical (unpaired) electrons. The molecule has 1 aliphatic heterocycles. The summed E-state index contributed by atoms with van der Waals surface area (Å²) in [6.07, 6.45) is 6.51. The van der Waals surface area contributed by atoms with E-state index in [9.17, 15) is 9.90 Å². The molecule has 0 aromatic carbocycles. The highest BCUT2D eigenvalue weighted by Gasteiger charge is 2.23. The fourth-order valence-corrected chi connectivity index (χ4v) is 2.37. The van der Waals surface area contributed by atoms with Crippen molar-refractivity contribution in [1.29, 1.82) is 0 Å². The van der Waals surface area contributed by atoms with Gasteiger partial charge < -0.3 is 14.4 Å². The highest BCUT2D eigenvalue weighted by Crippen LogP contribution is 2.15. The summed E-state index contributed by atoms with van der Waals surface area (Å²) < 4.78 is 1.86. The van der Waals surface area contributed by atoms with Crippen LogP contribution in [0.3, 0.4) is 0 Å². The second-order valence-corrected chi connectivity index (χ2v) is 4.69. The van der Waals surface area contributed by atoms with E-state index in [-0.39, 0.29) is 12.0 Å². The van der Waals surface area contributed by atoms with Gasteiger partial charge in [0.1, 0.15) is 0 Å². The number of β-amino-alcohol motifs (C(OH)–C–C–N with tert-alkyl or cyclic N) is 1. The molecule has 18 heavy (non-hydrogen) atoms. The molecule has 3 heterocycles. The van der Waals surface area contributed by atoms with E-state index in [2.05, 4.69) is 4.98 Å². The van der Waals surface area contributed by atoms with Crippen LogP contribution in [0.25, 0.3) is 5.52 Å². The molecule has 3 rings (SSSR count). The van der Waals surface area contributed by atoms with Crippen molar-refractivity contribution in [2.24, 2.45) is 0 Å². The summed E-state index contributed by atoms with van der Waals surface area (Å²) in [5.74, 6) is -0.0162. The number of rotatable bonds is 1. The lowest BCUT2D eigenvalue weighted by Crippen LogP contribution is -2.42. The SMILES string of the molecule is O=C(c1ccn2cncc2c1)N1CCCC(O)C1. The first-order valence-electron chi connectivity index (χ1n) is 6.13. The Kier molecular flexibility index (Phi) is 2.76. The van der Waals surface area contributed by atoms with E-state index in [1.165, 1.54) is 0 Å². The number of carbonyl (C=O) groups is 1. The van der Waals surface area contributed by atoms with Gasteiger partial charge in [0.05, 0.1) is 24.1 Å². The van der Waals surface area contributed by atoms with Crippen LogP contribution >= 0.6 is 0 Å². The van der Waals surface area contributed by atoms with E-state index in [0.29, 0.717) is 12.1 Å². The van der Waals surface area contributed by atoms with Gasteiger partial charge in [-0.3, -0.25) is 4.79 Å². The lowest BCUT2D eigenvalue weighted by Gasteiger charge is -2.30. The van der Waals surface area contributed by atoms with Crippen LogP contribution in [-0.2, 0) is 0 Å². The van der Waals surface area contributed by atoms with Gasteiger partial charge >= 0.3 is 0 Å². The number of aromatic nitrogens is 2. The Morgan fingerprint density at radius 3 is 3.22 bits per heavy atom. The highest BCUT2D eigenvalue weighted by molar-refractivity contribution is 5.95. The Hall–Kier alpha value is -1.88. The number of pyridine rings is 1. The number of nitrogens with zero attached hydrogens (tertiary/aromatic N) is 3. The zero-order valence-electron chi connectivity index (χ0n) is 9.99. The number of aliphatic hydroxyl groups is 1. The van der Waals surface area contributed by atoms with Gasteiger partial charge in [0, 0.05) is 24.8 Å². The smallest absolute Gasteiger partial charge is 0.254 e. The molecule has 1 aliphatic rings. The molecule has 2 aromatic rings. The van der Waals surface area contributed by atoms with Crippen LogP contribution in [0.1, 0.15) is 23.2 Å². The van der Waals surface area contributed by atoms with Crippen molar-refractivity contribution in [2.45, 2.75) is 18.9 Å². The Morgan fingerprint density at radius 2 is 2.39 bits per heavy atom. The molecule has 0 aliphatic carbocycles. The first-order chi connectivity index (χ1) is 8.74. The molecule has 1 atom stereocenters. The van der Waals surface area contributed by atoms with Gasteiger partial charge in [-0.1, -0.05) is 0 Å². The summed E-state index contributed by atoms with van der Waals surface area (Å²) in [6.45, 7) is 1.16. The van der Waals surface area contributed by atoms with Crippen LogP contribution in [0.15, 0.2) is 30.9 Å². The molecule has 0 bridgehead atoms. The molecular formula is C13H15N3O2. The van der Waals surface area contributed by atoms with Crippen LogP contribution in [0, 0.1) is 0 Å². The van der Waals surface area contributed by atoms with Crippen LogP contribution in [0.2, 0.25) is 0 Å². The molecule has 1 saturated heterocycles. The summed E-state index contributed by atoms with van der Waals surface area (Å²) in [5, 5.41) is 9.61. The van der Waals surface area contributed by atoms with Gasteiger partial charge in [0.2, 0.25) is 0 Å². The van der Waals surface area contributed by atoms with Gasteiger partial charge in [-0.25, -0.2) is 4.98 Å². The number of hydrogen-bond donors (Lipinski definition) is 1. The Morgan fingerprint density at radius 1 is 1.50 bits per heavy atom. The standard InChI is InChI=1S/C13H15N3O2/c17-12-2-1-4-15(8-12)13(18)10-3-5-16-9-14-7-11(16)6-10/h3,5-7,9,12,17H,1-2,4,8H2. The van der Waals surface area contributed by atoms with E-state index in [0.717, 1.165) is 24.9 Å². The monoisotopic (exact) mass is 245 g/mol. The molecule has 1 unspecified atom stereocenters. The Labute approximate surface area is 105 Å². The summed E-state index contributed by atoms with van der Waals surface area (Å²) in [5.41, 5.74) is 1.55. The maximum Gasteiger partial charge on any atom is 0.254 e. The van der Waals surface area contributed by atoms with Crippen molar-refractivity contribution in [3.8, 4) is 0 Å². The molecular weight excluding hydrogens is 230 g/mol. The highest BCUT2D eigenvalue weighted by atomic mass is 16.3. The van der Waals surface area contributed by atoms with Crippen LogP contribution in [0.4, 0.5) is 0 Å². The zero-order valence-corrected chi connectivity index (χ0v) is 9.99. The van der Waals surface area contributed by atoms with Crippen molar-refractivity contribution in [3.05, 3.63) is 36.4 Å². The van der Waals surface area contributed by atoms with Crippen molar-refractivity contribution in [2.75, 3.05) is 13.1 Å². The fourth-order valence-electron chi connectivity index (χ4n) is 2.37. The predicted molar refractivity (Wildman–Crippen MR) is 66.3 cm³/mol. The van der Waals surface area contributed by atoms with Gasteiger partial charge in [-0.2, -0.15) is 0 Å². The number of aliphatic hydroxyl groups excluding tert-OH is 1. The minimum atomic E-state index is -0.388. The normalized spacial score (nSPS) is 20.3. The first-order valence-corrected chi connectivity index (χ1v) is 6.13. The summed E-state index contributed by atoms with van der Waals surface area (Å²) >= 11 is 0. The Bertz CT molecular complexity index is 578. The minimum absolute atomic E-state index is 0.0162. The number of piperidine rings is 1. The average Bonchev–Trinajstić information content (AvgIpc) is 2.85. The van der Waals surface area contributed by atoms with Crippen molar-refractivity contribution in [1.82, 2.24) is 14.3 Å².